The summed E-state index contributed by atoms with van der Waals surface area (Å²) < 4.78 is 0. The highest BCUT2D eigenvalue weighted by molar-refractivity contribution is 5.71. The molecule has 2 aromatic rings. The molecule has 0 amide bonds. The van der Waals surface area contributed by atoms with E-state index in [9.17, 15) is 10.1 Å². The number of nitro groups is 1. The van der Waals surface area contributed by atoms with Gasteiger partial charge in [0.25, 0.3) is 5.69 Å². The summed E-state index contributed by atoms with van der Waals surface area (Å²) in [6, 6.07) is 13.9. The Morgan fingerprint density at radius 3 is 2.22 bits per heavy atom. The van der Waals surface area contributed by atoms with Gasteiger partial charge in [0, 0.05) is 17.8 Å². The predicted octanol–water partition coefficient (Wildman–Crippen LogP) is 3.35. The Kier molecular flexibility index (Phi) is 3.38. The third kappa shape index (κ3) is 2.95. The van der Waals surface area contributed by atoms with Crippen LogP contribution in [-0.4, -0.2) is 4.92 Å². The van der Waals surface area contributed by atoms with Gasteiger partial charge < -0.3 is 5.73 Å². The van der Waals surface area contributed by atoms with Crippen LogP contribution in [0.5, 0.6) is 0 Å². The minimum absolute atomic E-state index is 0.0877. The van der Waals surface area contributed by atoms with Crippen LogP contribution in [0.1, 0.15) is 11.1 Å². The second-order valence-corrected chi connectivity index (χ2v) is 3.86. The Bertz CT molecular complexity index is 606. The molecular weight excluding hydrogens is 228 g/mol. The number of nitrogens with zero attached hydrogens (tertiary/aromatic N) is 1. The van der Waals surface area contributed by atoms with E-state index in [0.717, 1.165) is 11.1 Å². The molecule has 2 rings (SSSR count). The monoisotopic (exact) mass is 240 g/mol. The number of non-ortho nitro benzene ring substituents is 1. The number of nitro benzene ring substituents is 1. The third-order valence-corrected chi connectivity index (χ3v) is 2.46. The van der Waals surface area contributed by atoms with E-state index in [2.05, 4.69) is 0 Å². The second kappa shape index (κ2) is 5.14. The summed E-state index contributed by atoms with van der Waals surface area (Å²) in [5.41, 5.74) is 8.19. The first-order valence-corrected chi connectivity index (χ1v) is 5.43. The average molecular weight is 240 g/mol. The van der Waals surface area contributed by atoms with Gasteiger partial charge in [0.15, 0.2) is 0 Å². The van der Waals surface area contributed by atoms with Gasteiger partial charge >= 0.3 is 0 Å². The van der Waals surface area contributed by atoms with Crippen LogP contribution >= 0.6 is 0 Å². The first-order chi connectivity index (χ1) is 8.65. The van der Waals surface area contributed by atoms with Crippen molar-refractivity contribution in [2.75, 3.05) is 5.73 Å². The fourth-order valence-electron chi connectivity index (χ4n) is 1.60. The van der Waals surface area contributed by atoms with Crippen molar-refractivity contribution in [2.24, 2.45) is 0 Å². The van der Waals surface area contributed by atoms with Crippen LogP contribution in [0.4, 0.5) is 11.4 Å². The highest BCUT2D eigenvalue weighted by Crippen LogP contribution is 2.16. The SMILES string of the molecule is Nc1cccc(/C=C\c2cccc([N+](=O)[O-])c2)c1. The van der Waals surface area contributed by atoms with Gasteiger partial charge in [0.1, 0.15) is 0 Å². The van der Waals surface area contributed by atoms with Crippen molar-refractivity contribution in [3.8, 4) is 0 Å². The lowest BCUT2D eigenvalue weighted by Crippen LogP contribution is -1.87. The number of anilines is 1. The van der Waals surface area contributed by atoms with Crippen molar-refractivity contribution in [3.05, 3.63) is 69.8 Å². The van der Waals surface area contributed by atoms with Crippen LogP contribution in [0, 0.1) is 10.1 Å². The minimum Gasteiger partial charge on any atom is -0.399 e. The molecule has 0 aliphatic rings. The maximum absolute atomic E-state index is 10.6. The molecule has 0 spiro atoms. The van der Waals surface area contributed by atoms with Crippen LogP contribution in [0.15, 0.2) is 48.5 Å². The van der Waals surface area contributed by atoms with Gasteiger partial charge in [-0.3, -0.25) is 10.1 Å². The lowest BCUT2D eigenvalue weighted by atomic mass is 10.1. The second-order valence-electron chi connectivity index (χ2n) is 3.86. The van der Waals surface area contributed by atoms with E-state index in [-0.39, 0.29) is 5.69 Å². The van der Waals surface area contributed by atoms with Crippen LogP contribution in [0.3, 0.4) is 0 Å². The molecule has 0 saturated carbocycles. The number of rotatable bonds is 3. The average Bonchev–Trinajstić information content (AvgIpc) is 2.37. The van der Waals surface area contributed by atoms with Crippen LogP contribution in [-0.2, 0) is 0 Å². The summed E-state index contributed by atoms with van der Waals surface area (Å²) in [7, 11) is 0. The van der Waals surface area contributed by atoms with Gasteiger partial charge in [-0.05, 0) is 23.3 Å². The van der Waals surface area contributed by atoms with E-state index in [1.54, 1.807) is 6.07 Å². The van der Waals surface area contributed by atoms with Crippen molar-refractivity contribution in [1.29, 1.82) is 0 Å². The molecule has 0 heterocycles. The maximum atomic E-state index is 10.6. The largest absolute Gasteiger partial charge is 0.399 e. The zero-order valence-corrected chi connectivity index (χ0v) is 9.61. The fraction of sp³-hybridized carbons (Fsp3) is 0. The summed E-state index contributed by atoms with van der Waals surface area (Å²) in [6.45, 7) is 0. The van der Waals surface area contributed by atoms with Crippen LogP contribution in [0.25, 0.3) is 12.2 Å². The molecule has 0 bridgehead atoms. The molecule has 0 atom stereocenters. The van der Waals surface area contributed by atoms with Crippen molar-refractivity contribution in [1.82, 2.24) is 0 Å². The third-order valence-electron chi connectivity index (χ3n) is 2.46. The summed E-state index contributed by atoms with van der Waals surface area (Å²) in [5.74, 6) is 0. The van der Waals surface area contributed by atoms with Crippen molar-refractivity contribution < 1.29 is 4.92 Å². The quantitative estimate of drug-likeness (QED) is 0.387. The molecule has 2 N–H and O–H groups in total. The van der Waals surface area contributed by atoms with Gasteiger partial charge in [-0.1, -0.05) is 36.4 Å². The van der Waals surface area contributed by atoms with E-state index in [4.69, 9.17) is 5.73 Å². The predicted molar refractivity (Wildman–Crippen MR) is 72.9 cm³/mol. The summed E-state index contributed by atoms with van der Waals surface area (Å²) >= 11 is 0. The summed E-state index contributed by atoms with van der Waals surface area (Å²) in [4.78, 5) is 10.2. The van der Waals surface area contributed by atoms with Gasteiger partial charge in [0.2, 0.25) is 0 Å². The zero-order valence-electron chi connectivity index (χ0n) is 9.61. The lowest BCUT2D eigenvalue weighted by Gasteiger charge is -1.97. The topological polar surface area (TPSA) is 69.2 Å². The molecule has 0 saturated heterocycles. The van der Waals surface area contributed by atoms with Crippen LogP contribution < -0.4 is 5.73 Å². The molecule has 0 aliphatic carbocycles. The molecule has 0 radical (unpaired) electrons. The molecule has 90 valence electrons. The molecule has 0 fully saturated rings. The Hall–Kier alpha value is -2.62. The Labute approximate surface area is 105 Å². The van der Waals surface area contributed by atoms with Gasteiger partial charge in [0.05, 0.1) is 4.92 Å². The molecule has 4 nitrogen and oxygen atoms in total. The minimum atomic E-state index is -0.405. The van der Waals surface area contributed by atoms with E-state index in [1.165, 1.54) is 12.1 Å². The zero-order chi connectivity index (χ0) is 13.0. The number of hydrogen-bond donors (Lipinski definition) is 1. The van der Waals surface area contributed by atoms with Crippen molar-refractivity contribution >= 4 is 23.5 Å². The lowest BCUT2D eigenvalue weighted by molar-refractivity contribution is -0.384. The molecule has 0 aliphatic heterocycles. The molecule has 0 aromatic heterocycles. The van der Waals surface area contributed by atoms with Crippen molar-refractivity contribution in [3.63, 3.8) is 0 Å². The first-order valence-electron chi connectivity index (χ1n) is 5.43. The van der Waals surface area contributed by atoms with Gasteiger partial charge in [-0.15, -0.1) is 0 Å². The van der Waals surface area contributed by atoms with E-state index in [1.807, 2.05) is 42.5 Å². The number of hydrogen-bond acceptors (Lipinski definition) is 3. The van der Waals surface area contributed by atoms with E-state index < -0.39 is 4.92 Å². The standard InChI is InChI=1S/C14H12N2O2/c15-13-5-1-3-11(9-13)7-8-12-4-2-6-14(10-12)16(17)18/h1-10H,15H2/b8-7-. The molecule has 18 heavy (non-hydrogen) atoms. The van der Waals surface area contributed by atoms with Crippen molar-refractivity contribution in [2.45, 2.75) is 0 Å². The fourth-order valence-corrected chi connectivity index (χ4v) is 1.60. The van der Waals surface area contributed by atoms with Gasteiger partial charge in [-0.2, -0.15) is 0 Å². The first kappa shape index (κ1) is 11.9. The Balaban J connectivity index is 2.23. The highest BCUT2D eigenvalue weighted by Gasteiger charge is 2.03. The molecule has 0 unspecified atom stereocenters. The molecule has 4 heteroatoms. The highest BCUT2D eigenvalue weighted by atomic mass is 16.6. The number of nitrogens with two attached hydrogens (primary N) is 1. The summed E-state index contributed by atoms with van der Waals surface area (Å²) in [6.07, 6.45) is 3.69. The Morgan fingerprint density at radius 2 is 1.61 bits per heavy atom. The normalized spacial score (nSPS) is 10.7. The summed E-state index contributed by atoms with van der Waals surface area (Å²) in [5, 5.41) is 10.6. The number of nitrogen functional groups attached to an aromatic ring is 1. The van der Waals surface area contributed by atoms with Crippen LogP contribution in [0.2, 0.25) is 0 Å². The van der Waals surface area contributed by atoms with Gasteiger partial charge in [-0.25, -0.2) is 0 Å². The smallest absolute Gasteiger partial charge is 0.270 e. The van der Waals surface area contributed by atoms with E-state index in [0.29, 0.717) is 5.69 Å². The Morgan fingerprint density at radius 1 is 1.00 bits per heavy atom. The molecule has 2 aromatic carbocycles. The molecular formula is C14H12N2O2. The van der Waals surface area contributed by atoms with E-state index >= 15 is 0 Å². The maximum Gasteiger partial charge on any atom is 0.270 e. The number of benzene rings is 2.